The zero-order valence-corrected chi connectivity index (χ0v) is 10.8. The Labute approximate surface area is 99.9 Å². The smallest absolute Gasteiger partial charge is 0.109 e. The lowest BCUT2D eigenvalue weighted by molar-refractivity contribution is 0.491. The summed E-state index contributed by atoms with van der Waals surface area (Å²) in [5, 5.41) is 0. The second kappa shape index (κ2) is 8.37. The van der Waals surface area contributed by atoms with Crippen LogP contribution >= 0.6 is 0 Å². The van der Waals surface area contributed by atoms with Crippen molar-refractivity contribution in [3.8, 4) is 0 Å². The van der Waals surface area contributed by atoms with Crippen LogP contribution in [0.1, 0.15) is 77.0 Å². The number of H-pyrrole nitrogens is 1. The molecular weight excluding hydrogens is 196 g/mol. The molecule has 0 saturated heterocycles. The minimum Gasteiger partial charge on any atom is -0.348 e. The maximum Gasteiger partial charge on any atom is 0.109 e. The van der Waals surface area contributed by atoms with E-state index >= 15 is 0 Å². The molecule has 1 aromatic rings. The molecule has 1 heterocycles. The first kappa shape index (κ1) is 13.3. The van der Waals surface area contributed by atoms with Gasteiger partial charge in [0, 0.05) is 18.3 Å². The molecule has 92 valence electrons. The fourth-order valence-electron chi connectivity index (χ4n) is 2.20. The van der Waals surface area contributed by atoms with Gasteiger partial charge in [-0.15, -0.1) is 0 Å². The Morgan fingerprint density at radius 1 is 1.06 bits per heavy atom. The highest BCUT2D eigenvalue weighted by atomic mass is 14.9. The lowest BCUT2D eigenvalue weighted by Gasteiger charge is -2.14. The highest BCUT2D eigenvalue weighted by Gasteiger charge is 2.12. The lowest BCUT2D eigenvalue weighted by Crippen LogP contribution is -2.01. The number of nitrogens with zero attached hydrogens (tertiary/aromatic N) is 1. The third kappa shape index (κ3) is 4.82. The first-order chi connectivity index (χ1) is 7.88. The minimum absolute atomic E-state index is 0.660. The van der Waals surface area contributed by atoms with Gasteiger partial charge in [0.2, 0.25) is 0 Å². The molecule has 0 saturated carbocycles. The largest absolute Gasteiger partial charge is 0.348 e. The van der Waals surface area contributed by atoms with Crippen molar-refractivity contribution in [1.82, 2.24) is 9.97 Å². The molecule has 0 aliphatic rings. The first-order valence-corrected chi connectivity index (χ1v) is 6.87. The standard InChI is InChI=1S/C14H26N2/c1-3-5-7-9-13(10-8-6-4-2)14-15-11-12-16-14/h11-13H,3-10H2,1-2H3,(H,15,16). The van der Waals surface area contributed by atoms with Crippen LogP contribution in [0.5, 0.6) is 0 Å². The summed E-state index contributed by atoms with van der Waals surface area (Å²) < 4.78 is 0. The van der Waals surface area contributed by atoms with Crippen LogP contribution in [-0.2, 0) is 0 Å². The van der Waals surface area contributed by atoms with E-state index in [4.69, 9.17) is 0 Å². The molecule has 1 N–H and O–H groups in total. The van der Waals surface area contributed by atoms with Gasteiger partial charge in [-0.1, -0.05) is 52.4 Å². The predicted molar refractivity (Wildman–Crippen MR) is 69.6 cm³/mol. The van der Waals surface area contributed by atoms with E-state index in [1.165, 1.54) is 57.2 Å². The van der Waals surface area contributed by atoms with Crippen LogP contribution in [0.2, 0.25) is 0 Å². The zero-order valence-electron chi connectivity index (χ0n) is 10.8. The van der Waals surface area contributed by atoms with Crippen molar-refractivity contribution in [1.29, 1.82) is 0 Å². The van der Waals surface area contributed by atoms with E-state index in [9.17, 15) is 0 Å². The molecule has 0 fully saturated rings. The Kier molecular flexibility index (Phi) is 6.95. The highest BCUT2D eigenvalue weighted by molar-refractivity contribution is 4.96. The number of hydrogen-bond donors (Lipinski definition) is 1. The van der Waals surface area contributed by atoms with Crippen LogP contribution in [0.25, 0.3) is 0 Å². The molecule has 0 bridgehead atoms. The summed E-state index contributed by atoms with van der Waals surface area (Å²) in [6.07, 6.45) is 14.4. The van der Waals surface area contributed by atoms with Gasteiger partial charge in [0.25, 0.3) is 0 Å². The molecule has 0 aliphatic heterocycles. The zero-order chi connectivity index (χ0) is 11.6. The number of imidazole rings is 1. The lowest BCUT2D eigenvalue weighted by atomic mass is 9.94. The summed E-state index contributed by atoms with van der Waals surface area (Å²) >= 11 is 0. The Balaban J connectivity index is 2.36. The molecule has 0 aromatic carbocycles. The fourth-order valence-corrected chi connectivity index (χ4v) is 2.20. The van der Waals surface area contributed by atoms with Gasteiger partial charge >= 0.3 is 0 Å². The summed E-state index contributed by atoms with van der Waals surface area (Å²) in [7, 11) is 0. The van der Waals surface area contributed by atoms with Crippen molar-refractivity contribution >= 4 is 0 Å². The molecular formula is C14H26N2. The Hall–Kier alpha value is -0.790. The molecule has 0 unspecified atom stereocenters. The van der Waals surface area contributed by atoms with Gasteiger partial charge in [0.15, 0.2) is 0 Å². The minimum atomic E-state index is 0.660. The van der Waals surface area contributed by atoms with E-state index in [1.54, 1.807) is 0 Å². The van der Waals surface area contributed by atoms with E-state index in [1.807, 2.05) is 12.4 Å². The van der Waals surface area contributed by atoms with Crippen LogP contribution in [0.15, 0.2) is 12.4 Å². The van der Waals surface area contributed by atoms with E-state index < -0.39 is 0 Å². The number of aromatic amines is 1. The molecule has 0 aliphatic carbocycles. The van der Waals surface area contributed by atoms with Crippen LogP contribution in [0.4, 0.5) is 0 Å². The summed E-state index contributed by atoms with van der Waals surface area (Å²) in [5.74, 6) is 1.86. The monoisotopic (exact) mass is 222 g/mol. The van der Waals surface area contributed by atoms with Crippen LogP contribution < -0.4 is 0 Å². The van der Waals surface area contributed by atoms with E-state index in [0.29, 0.717) is 5.92 Å². The third-order valence-corrected chi connectivity index (χ3v) is 3.22. The van der Waals surface area contributed by atoms with Gasteiger partial charge in [-0.3, -0.25) is 0 Å². The average molecular weight is 222 g/mol. The Morgan fingerprint density at radius 2 is 1.69 bits per heavy atom. The van der Waals surface area contributed by atoms with E-state index in [2.05, 4.69) is 23.8 Å². The van der Waals surface area contributed by atoms with Crippen molar-refractivity contribution in [3.63, 3.8) is 0 Å². The second-order valence-corrected chi connectivity index (χ2v) is 4.66. The van der Waals surface area contributed by atoms with Crippen molar-refractivity contribution < 1.29 is 0 Å². The van der Waals surface area contributed by atoms with Gasteiger partial charge in [0.05, 0.1) is 0 Å². The van der Waals surface area contributed by atoms with Gasteiger partial charge in [-0.05, 0) is 12.8 Å². The molecule has 2 heteroatoms. The number of nitrogens with one attached hydrogen (secondary N) is 1. The molecule has 1 aromatic heterocycles. The van der Waals surface area contributed by atoms with Crippen LogP contribution in [0, 0.1) is 0 Å². The van der Waals surface area contributed by atoms with Crippen molar-refractivity contribution in [2.45, 2.75) is 71.1 Å². The normalized spacial score (nSPS) is 11.2. The van der Waals surface area contributed by atoms with Gasteiger partial charge in [-0.25, -0.2) is 4.98 Å². The molecule has 16 heavy (non-hydrogen) atoms. The average Bonchev–Trinajstić information content (AvgIpc) is 2.81. The highest BCUT2D eigenvalue weighted by Crippen LogP contribution is 2.25. The molecule has 1 rings (SSSR count). The van der Waals surface area contributed by atoms with E-state index in [0.717, 1.165) is 0 Å². The number of unbranched alkanes of at least 4 members (excludes halogenated alkanes) is 4. The molecule has 0 spiro atoms. The van der Waals surface area contributed by atoms with Crippen molar-refractivity contribution in [2.24, 2.45) is 0 Å². The molecule has 2 nitrogen and oxygen atoms in total. The second-order valence-electron chi connectivity index (χ2n) is 4.66. The summed E-state index contributed by atoms with van der Waals surface area (Å²) in [5.41, 5.74) is 0. The van der Waals surface area contributed by atoms with E-state index in [-0.39, 0.29) is 0 Å². The SMILES string of the molecule is CCCCCC(CCCCC)c1ncc[nH]1. The summed E-state index contributed by atoms with van der Waals surface area (Å²) in [6.45, 7) is 4.53. The fraction of sp³-hybridized carbons (Fsp3) is 0.786. The van der Waals surface area contributed by atoms with Gasteiger partial charge < -0.3 is 4.98 Å². The Bertz CT molecular complexity index is 231. The number of rotatable bonds is 9. The molecule has 0 amide bonds. The van der Waals surface area contributed by atoms with Gasteiger partial charge in [0.1, 0.15) is 5.82 Å². The van der Waals surface area contributed by atoms with Crippen molar-refractivity contribution in [2.75, 3.05) is 0 Å². The molecule has 0 radical (unpaired) electrons. The maximum absolute atomic E-state index is 4.42. The third-order valence-electron chi connectivity index (χ3n) is 3.22. The predicted octanol–water partition coefficient (Wildman–Crippen LogP) is 4.65. The number of aromatic nitrogens is 2. The molecule has 0 atom stereocenters. The first-order valence-electron chi connectivity index (χ1n) is 6.87. The summed E-state index contributed by atoms with van der Waals surface area (Å²) in [4.78, 5) is 7.70. The topological polar surface area (TPSA) is 28.7 Å². The number of hydrogen-bond acceptors (Lipinski definition) is 1. The van der Waals surface area contributed by atoms with Crippen LogP contribution in [-0.4, -0.2) is 9.97 Å². The Morgan fingerprint density at radius 3 is 2.12 bits per heavy atom. The van der Waals surface area contributed by atoms with Gasteiger partial charge in [-0.2, -0.15) is 0 Å². The summed E-state index contributed by atoms with van der Waals surface area (Å²) in [6, 6.07) is 0. The maximum atomic E-state index is 4.42. The van der Waals surface area contributed by atoms with Crippen molar-refractivity contribution in [3.05, 3.63) is 18.2 Å². The quantitative estimate of drug-likeness (QED) is 0.605. The van der Waals surface area contributed by atoms with Crippen LogP contribution in [0.3, 0.4) is 0 Å².